The molecule has 1 fully saturated rings. The van der Waals surface area contributed by atoms with Gasteiger partial charge in [0.25, 0.3) is 0 Å². The van der Waals surface area contributed by atoms with Crippen LogP contribution in [0.5, 0.6) is 0 Å². The lowest BCUT2D eigenvalue weighted by molar-refractivity contribution is -0.143. The largest absolute Gasteiger partial charge is 0.480 e. The first-order valence-electron chi connectivity index (χ1n) is 5.78. The van der Waals surface area contributed by atoms with Gasteiger partial charge in [0.2, 0.25) is 0 Å². The Hall–Kier alpha value is -0.610. The maximum atomic E-state index is 11.1. The van der Waals surface area contributed by atoms with E-state index in [9.17, 15) is 4.79 Å². The Labute approximate surface area is 91.4 Å². The molecule has 0 aliphatic carbocycles. The van der Waals surface area contributed by atoms with Crippen molar-refractivity contribution in [1.29, 1.82) is 0 Å². The minimum absolute atomic E-state index is 0.172. The summed E-state index contributed by atoms with van der Waals surface area (Å²) in [6.07, 6.45) is 2.68. The molecule has 1 aliphatic rings. The normalized spacial score (nSPS) is 26.5. The van der Waals surface area contributed by atoms with Crippen molar-refractivity contribution >= 4 is 5.97 Å². The van der Waals surface area contributed by atoms with Gasteiger partial charge < -0.3 is 10.8 Å². The van der Waals surface area contributed by atoms with E-state index in [2.05, 4.69) is 4.90 Å². The van der Waals surface area contributed by atoms with Gasteiger partial charge in [0.1, 0.15) is 6.04 Å². The number of likely N-dealkylation sites (tertiary alicyclic amines) is 1. The maximum absolute atomic E-state index is 11.1. The monoisotopic (exact) mass is 214 g/mol. The van der Waals surface area contributed by atoms with Crippen molar-refractivity contribution in [1.82, 2.24) is 4.90 Å². The summed E-state index contributed by atoms with van der Waals surface area (Å²) in [5, 5.41) is 9.12. The summed E-state index contributed by atoms with van der Waals surface area (Å²) >= 11 is 0. The highest BCUT2D eigenvalue weighted by molar-refractivity contribution is 5.73. The van der Waals surface area contributed by atoms with Gasteiger partial charge in [0.05, 0.1) is 0 Å². The number of nitrogens with two attached hydrogens (primary N) is 1. The molecule has 3 atom stereocenters. The maximum Gasteiger partial charge on any atom is 0.320 e. The summed E-state index contributed by atoms with van der Waals surface area (Å²) in [4.78, 5) is 13.1. The van der Waals surface area contributed by atoms with Crippen LogP contribution in [0, 0.1) is 5.92 Å². The van der Waals surface area contributed by atoms with Crippen LogP contribution in [-0.4, -0.2) is 41.1 Å². The van der Waals surface area contributed by atoms with Crippen molar-refractivity contribution in [2.75, 3.05) is 13.1 Å². The summed E-state index contributed by atoms with van der Waals surface area (Å²) in [5.41, 5.74) is 5.84. The predicted octanol–water partition coefficient (Wildman–Crippen LogP) is 0.909. The Bertz CT molecular complexity index is 219. The van der Waals surface area contributed by atoms with Crippen LogP contribution < -0.4 is 5.73 Å². The number of hydrogen-bond donors (Lipinski definition) is 2. The number of rotatable bonds is 5. The Morgan fingerprint density at radius 3 is 2.73 bits per heavy atom. The highest BCUT2D eigenvalue weighted by Crippen LogP contribution is 2.22. The molecule has 1 rings (SSSR count). The fourth-order valence-corrected chi connectivity index (χ4v) is 2.26. The fourth-order valence-electron chi connectivity index (χ4n) is 2.26. The zero-order valence-electron chi connectivity index (χ0n) is 9.65. The zero-order chi connectivity index (χ0) is 11.4. The minimum Gasteiger partial charge on any atom is -0.480 e. The number of nitrogens with zero attached hydrogens (tertiary/aromatic N) is 1. The summed E-state index contributed by atoms with van der Waals surface area (Å²) in [5.74, 6) is -0.231. The van der Waals surface area contributed by atoms with Gasteiger partial charge in [-0.15, -0.1) is 0 Å². The second-order valence-electron chi connectivity index (χ2n) is 4.55. The molecule has 1 heterocycles. The van der Waals surface area contributed by atoms with Crippen molar-refractivity contribution < 1.29 is 9.90 Å². The molecular weight excluding hydrogens is 192 g/mol. The third-order valence-corrected chi connectivity index (χ3v) is 3.29. The number of carbonyl (C=O) groups is 1. The average Bonchev–Trinajstić information content (AvgIpc) is 2.62. The zero-order valence-corrected chi connectivity index (χ0v) is 9.65. The van der Waals surface area contributed by atoms with E-state index in [1.807, 2.05) is 13.8 Å². The average molecular weight is 214 g/mol. The molecule has 0 aromatic carbocycles. The van der Waals surface area contributed by atoms with E-state index < -0.39 is 5.97 Å². The van der Waals surface area contributed by atoms with Gasteiger partial charge in [0, 0.05) is 12.6 Å². The highest BCUT2D eigenvalue weighted by atomic mass is 16.4. The second kappa shape index (κ2) is 5.47. The van der Waals surface area contributed by atoms with Gasteiger partial charge in [-0.1, -0.05) is 13.3 Å². The number of carboxylic acids is 1. The number of hydrogen-bond acceptors (Lipinski definition) is 3. The molecule has 1 aliphatic heterocycles. The lowest BCUT2D eigenvalue weighted by atomic mass is 10.0. The molecule has 0 aromatic heterocycles. The van der Waals surface area contributed by atoms with Crippen LogP contribution in [0.1, 0.15) is 33.1 Å². The third kappa shape index (κ3) is 3.18. The van der Waals surface area contributed by atoms with Gasteiger partial charge in [-0.25, -0.2) is 0 Å². The predicted molar refractivity (Wildman–Crippen MR) is 59.7 cm³/mol. The summed E-state index contributed by atoms with van der Waals surface area (Å²) in [7, 11) is 0. The first-order valence-corrected chi connectivity index (χ1v) is 5.78. The molecule has 0 bridgehead atoms. The molecule has 88 valence electrons. The topological polar surface area (TPSA) is 66.6 Å². The van der Waals surface area contributed by atoms with Crippen molar-refractivity contribution in [3.8, 4) is 0 Å². The van der Waals surface area contributed by atoms with Crippen LogP contribution in [-0.2, 0) is 4.79 Å². The van der Waals surface area contributed by atoms with Crippen molar-refractivity contribution in [3.05, 3.63) is 0 Å². The molecule has 0 amide bonds. The SMILES string of the molecule is CCCC(C(=O)O)N1CCC(C(C)N)C1. The molecule has 0 saturated carbocycles. The molecule has 1 saturated heterocycles. The van der Waals surface area contributed by atoms with E-state index in [0.29, 0.717) is 5.92 Å². The summed E-state index contributed by atoms with van der Waals surface area (Å²) < 4.78 is 0. The van der Waals surface area contributed by atoms with Crippen molar-refractivity contribution in [3.63, 3.8) is 0 Å². The molecule has 4 nitrogen and oxygen atoms in total. The third-order valence-electron chi connectivity index (χ3n) is 3.29. The molecule has 15 heavy (non-hydrogen) atoms. The Balaban J connectivity index is 2.52. The van der Waals surface area contributed by atoms with Gasteiger partial charge in [-0.05, 0) is 32.2 Å². The molecule has 0 spiro atoms. The summed E-state index contributed by atoms with van der Waals surface area (Å²) in [6.45, 7) is 5.75. The quantitative estimate of drug-likeness (QED) is 0.714. The molecule has 0 aromatic rings. The van der Waals surface area contributed by atoms with Gasteiger partial charge in [-0.3, -0.25) is 9.69 Å². The van der Waals surface area contributed by atoms with Crippen LogP contribution >= 0.6 is 0 Å². The van der Waals surface area contributed by atoms with Crippen LogP contribution in [0.15, 0.2) is 0 Å². The molecular formula is C11H22N2O2. The second-order valence-corrected chi connectivity index (χ2v) is 4.55. The van der Waals surface area contributed by atoms with Crippen molar-refractivity contribution in [2.45, 2.75) is 45.2 Å². The smallest absolute Gasteiger partial charge is 0.320 e. The van der Waals surface area contributed by atoms with Crippen LogP contribution in [0.2, 0.25) is 0 Å². The van der Waals surface area contributed by atoms with Gasteiger partial charge in [-0.2, -0.15) is 0 Å². The van der Waals surface area contributed by atoms with Gasteiger partial charge in [0.15, 0.2) is 0 Å². The molecule has 4 heteroatoms. The van der Waals surface area contributed by atoms with Crippen LogP contribution in [0.3, 0.4) is 0 Å². The Kier molecular flexibility index (Phi) is 4.54. The first-order chi connectivity index (χ1) is 7.06. The highest BCUT2D eigenvalue weighted by Gasteiger charge is 2.32. The van der Waals surface area contributed by atoms with Crippen LogP contribution in [0.4, 0.5) is 0 Å². The summed E-state index contributed by atoms with van der Waals surface area (Å²) in [6, 6.07) is -0.134. The van der Waals surface area contributed by atoms with E-state index in [0.717, 1.165) is 32.4 Å². The van der Waals surface area contributed by atoms with Crippen LogP contribution in [0.25, 0.3) is 0 Å². The minimum atomic E-state index is -0.692. The number of carboxylic acid groups (broad SMARTS) is 1. The Morgan fingerprint density at radius 2 is 2.33 bits per heavy atom. The Morgan fingerprint density at radius 1 is 1.67 bits per heavy atom. The van der Waals surface area contributed by atoms with Gasteiger partial charge >= 0.3 is 5.97 Å². The number of aliphatic carboxylic acids is 1. The van der Waals surface area contributed by atoms with E-state index in [1.165, 1.54) is 0 Å². The molecule has 3 unspecified atom stereocenters. The molecule has 3 N–H and O–H groups in total. The first kappa shape index (κ1) is 12.5. The van der Waals surface area contributed by atoms with E-state index >= 15 is 0 Å². The van der Waals surface area contributed by atoms with E-state index in [4.69, 9.17) is 10.8 Å². The molecule has 0 radical (unpaired) electrons. The standard InChI is InChI=1S/C11H22N2O2/c1-3-4-10(11(14)15)13-6-5-9(7-13)8(2)12/h8-10H,3-7,12H2,1-2H3,(H,14,15). The lowest BCUT2D eigenvalue weighted by Gasteiger charge is -2.24. The van der Waals surface area contributed by atoms with Crippen molar-refractivity contribution in [2.24, 2.45) is 11.7 Å². The fraction of sp³-hybridized carbons (Fsp3) is 0.909. The van der Waals surface area contributed by atoms with E-state index in [1.54, 1.807) is 0 Å². The lowest BCUT2D eigenvalue weighted by Crippen LogP contribution is -2.40. The van der Waals surface area contributed by atoms with E-state index in [-0.39, 0.29) is 12.1 Å².